The van der Waals surface area contributed by atoms with Crippen LogP contribution < -0.4 is 4.18 Å². The number of fused-ring (bicyclic) bond motifs is 2. The third-order valence-corrected chi connectivity index (χ3v) is 8.22. The van der Waals surface area contributed by atoms with E-state index in [-0.39, 0.29) is 9.83 Å². The molecule has 9 heteroatoms. The Morgan fingerprint density at radius 1 is 1.18 bits per heavy atom. The highest BCUT2D eigenvalue weighted by Crippen LogP contribution is 2.58. The molecule has 0 aromatic heterocycles. The van der Waals surface area contributed by atoms with Gasteiger partial charge in [0.05, 0.1) is 4.08 Å². The van der Waals surface area contributed by atoms with E-state index in [1.807, 2.05) is 23.5 Å². The molecule has 2 aliphatic rings. The minimum absolute atomic E-state index is 0.0327. The molecule has 1 fully saturated rings. The van der Waals surface area contributed by atoms with Crippen molar-refractivity contribution in [1.29, 1.82) is 0 Å². The SMILES string of the molecule is O=S(=O)(Oc1ccc2c(c1)CCCC21SCCS1)C(F)(F)F. The van der Waals surface area contributed by atoms with Crippen LogP contribution in [0.2, 0.25) is 0 Å². The Labute approximate surface area is 135 Å². The molecule has 0 amide bonds. The standard InChI is InChI=1S/C13H13F3O3S3/c14-13(15,16)22(17,18)19-10-3-4-11-9(8-10)2-1-5-12(11)20-6-7-21-12/h3-4,8H,1-2,5-7H2. The molecule has 22 heavy (non-hydrogen) atoms. The number of hydrogen-bond donors (Lipinski definition) is 0. The Kier molecular flexibility index (Phi) is 4.10. The van der Waals surface area contributed by atoms with E-state index in [4.69, 9.17) is 0 Å². The zero-order valence-corrected chi connectivity index (χ0v) is 13.8. The minimum atomic E-state index is -5.62. The van der Waals surface area contributed by atoms with Crippen LogP contribution in [0.1, 0.15) is 24.0 Å². The molecule has 122 valence electrons. The molecule has 0 unspecified atom stereocenters. The number of halogens is 3. The van der Waals surface area contributed by atoms with Crippen molar-refractivity contribution in [2.75, 3.05) is 11.5 Å². The van der Waals surface area contributed by atoms with E-state index in [1.165, 1.54) is 12.1 Å². The molecule has 1 aromatic rings. The maximum atomic E-state index is 12.4. The highest BCUT2D eigenvalue weighted by atomic mass is 32.2. The summed E-state index contributed by atoms with van der Waals surface area (Å²) >= 11 is 3.71. The summed E-state index contributed by atoms with van der Waals surface area (Å²) in [6, 6.07) is 4.45. The number of rotatable bonds is 2. The van der Waals surface area contributed by atoms with Crippen LogP contribution in [0.3, 0.4) is 0 Å². The Morgan fingerprint density at radius 3 is 2.50 bits per heavy atom. The van der Waals surface area contributed by atoms with Crippen molar-refractivity contribution in [2.45, 2.75) is 28.8 Å². The van der Waals surface area contributed by atoms with Gasteiger partial charge in [0.15, 0.2) is 0 Å². The zero-order valence-electron chi connectivity index (χ0n) is 11.4. The van der Waals surface area contributed by atoms with E-state index < -0.39 is 15.6 Å². The van der Waals surface area contributed by atoms with Gasteiger partial charge >= 0.3 is 15.6 Å². The Balaban J connectivity index is 1.92. The molecule has 0 N–H and O–H groups in total. The summed E-state index contributed by atoms with van der Waals surface area (Å²) in [5, 5.41) is 0. The summed E-state index contributed by atoms with van der Waals surface area (Å²) in [5.41, 5.74) is -3.45. The summed E-state index contributed by atoms with van der Waals surface area (Å²) < 4.78 is 63.5. The van der Waals surface area contributed by atoms with E-state index in [1.54, 1.807) is 6.07 Å². The van der Waals surface area contributed by atoms with E-state index in [9.17, 15) is 21.6 Å². The number of benzene rings is 1. The van der Waals surface area contributed by atoms with Gasteiger partial charge in [0.25, 0.3) is 0 Å². The average molecular weight is 370 g/mol. The molecule has 1 spiro atoms. The van der Waals surface area contributed by atoms with Crippen molar-refractivity contribution < 1.29 is 25.8 Å². The quantitative estimate of drug-likeness (QED) is 0.584. The molecule has 1 heterocycles. The van der Waals surface area contributed by atoms with E-state index in [0.29, 0.717) is 0 Å². The summed E-state index contributed by atoms with van der Waals surface area (Å²) in [6.45, 7) is 0. The molecule has 1 saturated heterocycles. The van der Waals surface area contributed by atoms with Gasteiger partial charge in [0.2, 0.25) is 0 Å². The third-order valence-electron chi connectivity index (χ3n) is 3.68. The van der Waals surface area contributed by atoms with Crippen LogP contribution in [0, 0.1) is 0 Å². The molecular formula is C13H13F3O3S3. The third kappa shape index (κ3) is 2.82. The first-order valence-corrected chi connectivity index (χ1v) is 10.0. The molecule has 0 saturated carbocycles. The molecule has 3 rings (SSSR count). The monoisotopic (exact) mass is 370 g/mol. The van der Waals surface area contributed by atoms with Gasteiger partial charge in [-0.2, -0.15) is 21.6 Å². The lowest BCUT2D eigenvalue weighted by atomic mass is 9.90. The maximum absolute atomic E-state index is 12.4. The first kappa shape index (κ1) is 16.3. The molecule has 1 aliphatic carbocycles. The van der Waals surface area contributed by atoms with Crippen LogP contribution in [0.5, 0.6) is 5.75 Å². The fourth-order valence-electron chi connectivity index (χ4n) is 2.78. The van der Waals surface area contributed by atoms with Crippen molar-refractivity contribution in [2.24, 2.45) is 0 Å². The van der Waals surface area contributed by atoms with Crippen molar-refractivity contribution in [3.8, 4) is 5.75 Å². The Morgan fingerprint density at radius 2 is 1.86 bits per heavy atom. The summed E-state index contributed by atoms with van der Waals surface area (Å²) in [4.78, 5) is 0. The van der Waals surface area contributed by atoms with Gasteiger partial charge in [-0.05, 0) is 42.5 Å². The van der Waals surface area contributed by atoms with Crippen molar-refractivity contribution in [3.63, 3.8) is 0 Å². The lowest BCUT2D eigenvalue weighted by Gasteiger charge is -2.34. The largest absolute Gasteiger partial charge is 0.534 e. The fourth-order valence-corrected chi connectivity index (χ4v) is 6.67. The van der Waals surface area contributed by atoms with E-state index in [2.05, 4.69) is 4.18 Å². The summed E-state index contributed by atoms with van der Waals surface area (Å²) in [7, 11) is -5.62. The van der Waals surface area contributed by atoms with Crippen LogP contribution >= 0.6 is 23.5 Å². The molecule has 3 nitrogen and oxygen atoms in total. The zero-order chi connectivity index (χ0) is 16.0. The van der Waals surface area contributed by atoms with E-state index in [0.717, 1.165) is 41.9 Å². The second-order valence-electron chi connectivity index (χ2n) is 5.11. The van der Waals surface area contributed by atoms with Gasteiger partial charge in [0, 0.05) is 11.5 Å². The number of alkyl halides is 3. The predicted molar refractivity (Wildman–Crippen MR) is 81.6 cm³/mol. The Bertz CT molecular complexity index is 680. The van der Waals surface area contributed by atoms with Crippen LogP contribution in [-0.4, -0.2) is 25.4 Å². The van der Waals surface area contributed by atoms with Crippen LogP contribution in [0.25, 0.3) is 0 Å². The van der Waals surface area contributed by atoms with Gasteiger partial charge in [-0.15, -0.1) is 23.5 Å². The normalized spacial score (nSPS) is 20.9. The smallest absolute Gasteiger partial charge is 0.376 e. The van der Waals surface area contributed by atoms with Gasteiger partial charge in [0.1, 0.15) is 5.75 Å². The summed E-state index contributed by atoms with van der Waals surface area (Å²) in [5.74, 6) is 1.82. The topological polar surface area (TPSA) is 43.4 Å². The summed E-state index contributed by atoms with van der Waals surface area (Å²) in [6.07, 6.45) is 2.68. The van der Waals surface area contributed by atoms with E-state index >= 15 is 0 Å². The molecular weight excluding hydrogens is 357 g/mol. The Hall–Kier alpha value is -0.540. The second-order valence-corrected chi connectivity index (χ2v) is 9.69. The minimum Gasteiger partial charge on any atom is -0.376 e. The van der Waals surface area contributed by atoms with Gasteiger partial charge in [-0.25, -0.2) is 0 Å². The number of aryl methyl sites for hydroxylation is 1. The van der Waals surface area contributed by atoms with Gasteiger partial charge in [-0.3, -0.25) is 0 Å². The van der Waals surface area contributed by atoms with Gasteiger partial charge in [-0.1, -0.05) is 6.07 Å². The number of thioether (sulfide) groups is 2. The molecule has 0 bridgehead atoms. The first-order chi connectivity index (χ1) is 10.2. The van der Waals surface area contributed by atoms with Crippen LogP contribution in [-0.2, 0) is 20.6 Å². The number of hydrogen-bond acceptors (Lipinski definition) is 5. The molecule has 0 radical (unpaired) electrons. The second kappa shape index (κ2) is 5.52. The molecule has 0 atom stereocenters. The van der Waals surface area contributed by atoms with Crippen molar-refractivity contribution in [3.05, 3.63) is 29.3 Å². The predicted octanol–water partition coefficient (Wildman–Crippen LogP) is 3.88. The fraction of sp³-hybridized carbons (Fsp3) is 0.538. The van der Waals surface area contributed by atoms with Crippen LogP contribution in [0.15, 0.2) is 18.2 Å². The first-order valence-electron chi connectivity index (χ1n) is 6.66. The highest BCUT2D eigenvalue weighted by Gasteiger charge is 2.49. The molecule has 1 aromatic carbocycles. The average Bonchev–Trinajstić information content (AvgIpc) is 2.86. The highest BCUT2D eigenvalue weighted by molar-refractivity contribution is 8.20. The van der Waals surface area contributed by atoms with Crippen LogP contribution in [0.4, 0.5) is 13.2 Å². The molecule has 1 aliphatic heterocycles. The van der Waals surface area contributed by atoms with Crippen molar-refractivity contribution in [1.82, 2.24) is 0 Å². The maximum Gasteiger partial charge on any atom is 0.534 e. The lowest BCUT2D eigenvalue weighted by Crippen LogP contribution is -2.28. The van der Waals surface area contributed by atoms with Crippen molar-refractivity contribution >= 4 is 33.6 Å². The van der Waals surface area contributed by atoms with Gasteiger partial charge < -0.3 is 4.18 Å². The lowest BCUT2D eigenvalue weighted by molar-refractivity contribution is -0.0500.